The zero-order valence-corrected chi connectivity index (χ0v) is 11.6. The SMILES string of the molecule is CC(=O)OC[C@H]1COc2c(ccc3nc(Cl)sc23)O1. The van der Waals surface area contributed by atoms with Crippen LogP contribution in [0, 0.1) is 0 Å². The highest BCUT2D eigenvalue weighted by Crippen LogP contribution is 2.42. The predicted octanol–water partition coefficient (Wildman–Crippen LogP) is 2.65. The molecule has 7 heteroatoms. The van der Waals surface area contributed by atoms with Crippen molar-refractivity contribution < 1.29 is 19.0 Å². The number of hydrogen-bond acceptors (Lipinski definition) is 6. The lowest BCUT2D eigenvalue weighted by Crippen LogP contribution is -2.34. The first-order chi connectivity index (χ1) is 9.13. The molecule has 100 valence electrons. The van der Waals surface area contributed by atoms with Crippen molar-refractivity contribution in [1.82, 2.24) is 4.98 Å². The molecular formula is C12H10ClNO4S. The van der Waals surface area contributed by atoms with Crippen LogP contribution in [0.1, 0.15) is 6.92 Å². The summed E-state index contributed by atoms with van der Waals surface area (Å²) in [6.07, 6.45) is -0.294. The number of thiazole rings is 1. The van der Waals surface area contributed by atoms with Crippen molar-refractivity contribution in [3.63, 3.8) is 0 Å². The van der Waals surface area contributed by atoms with Crippen molar-refractivity contribution >= 4 is 39.1 Å². The third-order valence-corrected chi connectivity index (χ3v) is 3.80. The second-order valence-electron chi connectivity index (χ2n) is 4.06. The van der Waals surface area contributed by atoms with Crippen molar-refractivity contribution in [2.75, 3.05) is 13.2 Å². The van der Waals surface area contributed by atoms with Gasteiger partial charge < -0.3 is 14.2 Å². The number of nitrogens with zero attached hydrogens (tertiary/aromatic N) is 1. The third-order valence-electron chi connectivity index (χ3n) is 2.63. The number of benzene rings is 1. The highest BCUT2D eigenvalue weighted by molar-refractivity contribution is 7.22. The van der Waals surface area contributed by atoms with Crippen molar-refractivity contribution in [1.29, 1.82) is 0 Å². The van der Waals surface area contributed by atoms with E-state index in [9.17, 15) is 4.79 Å². The number of rotatable bonds is 2. The van der Waals surface area contributed by atoms with Crippen LogP contribution >= 0.6 is 22.9 Å². The second kappa shape index (κ2) is 4.86. The van der Waals surface area contributed by atoms with Crippen molar-refractivity contribution in [3.05, 3.63) is 16.6 Å². The minimum Gasteiger partial charge on any atom is -0.484 e. The van der Waals surface area contributed by atoms with Crippen LogP contribution in [0.15, 0.2) is 12.1 Å². The molecule has 0 aliphatic carbocycles. The Labute approximate surface area is 118 Å². The summed E-state index contributed by atoms with van der Waals surface area (Å²) >= 11 is 7.24. The van der Waals surface area contributed by atoms with Crippen LogP contribution in [0.3, 0.4) is 0 Å². The Morgan fingerprint density at radius 1 is 1.63 bits per heavy atom. The average molecular weight is 300 g/mol. The van der Waals surface area contributed by atoms with Crippen molar-refractivity contribution in [2.45, 2.75) is 13.0 Å². The van der Waals surface area contributed by atoms with Crippen LogP contribution in [0.4, 0.5) is 0 Å². The molecular weight excluding hydrogens is 290 g/mol. The van der Waals surface area contributed by atoms with Gasteiger partial charge in [-0.05, 0) is 12.1 Å². The molecule has 0 fully saturated rings. The van der Waals surface area contributed by atoms with Crippen molar-refractivity contribution in [3.8, 4) is 11.5 Å². The molecule has 1 atom stereocenters. The van der Waals surface area contributed by atoms with E-state index in [0.717, 1.165) is 10.2 Å². The van der Waals surface area contributed by atoms with E-state index in [1.54, 1.807) is 6.07 Å². The highest BCUT2D eigenvalue weighted by Gasteiger charge is 2.25. The van der Waals surface area contributed by atoms with Gasteiger partial charge in [-0.25, -0.2) is 4.98 Å². The minimum absolute atomic E-state index is 0.177. The summed E-state index contributed by atoms with van der Waals surface area (Å²) in [5.41, 5.74) is 0.788. The molecule has 1 aromatic heterocycles. The molecule has 1 aromatic carbocycles. The molecule has 0 amide bonds. The lowest BCUT2D eigenvalue weighted by Gasteiger charge is -2.26. The lowest BCUT2D eigenvalue weighted by atomic mass is 10.2. The highest BCUT2D eigenvalue weighted by atomic mass is 35.5. The number of carbonyl (C=O) groups is 1. The summed E-state index contributed by atoms with van der Waals surface area (Å²) in [6, 6.07) is 3.61. The molecule has 1 aliphatic rings. The van der Waals surface area contributed by atoms with Gasteiger partial charge in [-0.3, -0.25) is 4.79 Å². The zero-order chi connectivity index (χ0) is 13.4. The Morgan fingerprint density at radius 3 is 3.26 bits per heavy atom. The predicted molar refractivity (Wildman–Crippen MR) is 71.2 cm³/mol. The molecule has 0 saturated carbocycles. The molecule has 1 aliphatic heterocycles. The van der Waals surface area contributed by atoms with Crippen LogP contribution in [0.25, 0.3) is 10.2 Å². The largest absolute Gasteiger partial charge is 0.484 e. The van der Waals surface area contributed by atoms with Crippen LogP contribution < -0.4 is 9.47 Å². The van der Waals surface area contributed by atoms with E-state index in [1.807, 2.05) is 6.07 Å². The fraction of sp³-hybridized carbons (Fsp3) is 0.333. The third kappa shape index (κ3) is 2.46. The maximum Gasteiger partial charge on any atom is 0.302 e. The molecule has 2 aromatic rings. The van der Waals surface area contributed by atoms with Gasteiger partial charge in [0.25, 0.3) is 0 Å². The summed E-state index contributed by atoms with van der Waals surface area (Å²) in [5, 5.41) is 0. The number of hydrogen-bond donors (Lipinski definition) is 0. The fourth-order valence-corrected chi connectivity index (χ4v) is 2.94. The van der Waals surface area contributed by atoms with E-state index >= 15 is 0 Å². The number of halogens is 1. The van der Waals surface area contributed by atoms with Gasteiger partial charge in [0.15, 0.2) is 22.1 Å². The van der Waals surface area contributed by atoms with Crippen LogP contribution in [0.2, 0.25) is 4.47 Å². The molecule has 2 heterocycles. The topological polar surface area (TPSA) is 57.7 Å². The quantitative estimate of drug-likeness (QED) is 0.798. The summed E-state index contributed by atoms with van der Waals surface area (Å²) in [7, 11) is 0. The van der Waals surface area contributed by atoms with Gasteiger partial charge in [-0.2, -0.15) is 0 Å². The van der Waals surface area contributed by atoms with Gasteiger partial charge in [-0.1, -0.05) is 22.9 Å². The molecule has 0 unspecified atom stereocenters. The number of esters is 1. The number of aromatic nitrogens is 1. The second-order valence-corrected chi connectivity index (χ2v) is 5.64. The molecule has 19 heavy (non-hydrogen) atoms. The summed E-state index contributed by atoms with van der Waals surface area (Å²) in [6.45, 7) is 1.87. The van der Waals surface area contributed by atoms with E-state index in [1.165, 1.54) is 18.3 Å². The maximum atomic E-state index is 10.8. The molecule has 0 saturated heterocycles. The van der Waals surface area contributed by atoms with Gasteiger partial charge in [0, 0.05) is 6.92 Å². The van der Waals surface area contributed by atoms with Crippen LogP contribution in [-0.4, -0.2) is 30.3 Å². The monoisotopic (exact) mass is 299 g/mol. The van der Waals surface area contributed by atoms with Gasteiger partial charge in [0.1, 0.15) is 17.9 Å². The maximum absolute atomic E-state index is 10.8. The minimum atomic E-state index is -0.334. The lowest BCUT2D eigenvalue weighted by molar-refractivity contribution is -0.144. The van der Waals surface area contributed by atoms with E-state index in [-0.39, 0.29) is 18.7 Å². The Hall–Kier alpha value is -1.53. The Balaban J connectivity index is 1.85. The molecule has 5 nitrogen and oxygen atoms in total. The smallest absolute Gasteiger partial charge is 0.302 e. The first kappa shape index (κ1) is 12.5. The number of fused-ring (bicyclic) bond motifs is 3. The average Bonchev–Trinajstić information content (AvgIpc) is 2.76. The van der Waals surface area contributed by atoms with Crippen molar-refractivity contribution in [2.24, 2.45) is 0 Å². The van der Waals surface area contributed by atoms with Crippen LogP contribution in [-0.2, 0) is 9.53 Å². The molecule has 0 bridgehead atoms. The van der Waals surface area contributed by atoms with Gasteiger partial charge in [0.05, 0.1) is 5.52 Å². The Morgan fingerprint density at radius 2 is 2.47 bits per heavy atom. The van der Waals surface area contributed by atoms with Gasteiger partial charge in [-0.15, -0.1) is 0 Å². The van der Waals surface area contributed by atoms with E-state index in [4.69, 9.17) is 25.8 Å². The molecule has 3 rings (SSSR count). The fourth-order valence-electron chi connectivity index (χ4n) is 1.83. The molecule has 0 spiro atoms. The normalized spacial score (nSPS) is 17.5. The van der Waals surface area contributed by atoms with E-state index in [0.29, 0.717) is 22.6 Å². The standard InChI is InChI=1S/C12H10ClNO4S/c1-6(15)16-4-7-5-17-10-9(18-7)3-2-8-11(10)19-12(13)14-8/h2-3,7H,4-5H2,1H3/t7-/m0/s1. The number of carbonyl (C=O) groups excluding carboxylic acids is 1. The van der Waals surface area contributed by atoms with E-state index < -0.39 is 0 Å². The van der Waals surface area contributed by atoms with Crippen LogP contribution in [0.5, 0.6) is 11.5 Å². The van der Waals surface area contributed by atoms with E-state index in [2.05, 4.69) is 4.98 Å². The van der Waals surface area contributed by atoms with Gasteiger partial charge in [0.2, 0.25) is 0 Å². The first-order valence-electron chi connectivity index (χ1n) is 5.65. The summed E-state index contributed by atoms with van der Waals surface area (Å²) in [5.74, 6) is 0.941. The zero-order valence-electron chi connectivity index (χ0n) is 10.0. The first-order valence-corrected chi connectivity index (χ1v) is 6.85. The summed E-state index contributed by atoms with van der Waals surface area (Å²) in [4.78, 5) is 14.9. The Kier molecular flexibility index (Phi) is 3.20. The molecule has 0 radical (unpaired) electrons. The number of ether oxygens (including phenoxy) is 3. The Bertz CT molecular complexity index is 642. The molecule has 0 N–H and O–H groups in total. The summed E-state index contributed by atoms with van der Waals surface area (Å²) < 4.78 is 17.7. The van der Waals surface area contributed by atoms with Gasteiger partial charge >= 0.3 is 5.97 Å².